The second-order valence-corrected chi connectivity index (χ2v) is 11.2. The van der Waals surface area contributed by atoms with Gasteiger partial charge >= 0.3 is 0 Å². The third kappa shape index (κ3) is 4.44. The smallest absolute Gasteiger partial charge is 0.162 e. The predicted octanol–water partition coefficient (Wildman–Crippen LogP) is 9.96. The van der Waals surface area contributed by atoms with Crippen molar-refractivity contribution in [3.8, 4) is 28.5 Å². The molecule has 204 valence electrons. The van der Waals surface area contributed by atoms with Gasteiger partial charge in [0.05, 0.1) is 27.9 Å². The van der Waals surface area contributed by atoms with Crippen LogP contribution in [0.3, 0.4) is 0 Å². The number of halogens is 1. The van der Waals surface area contributed by atoms with E-state index >= 15 is 0 Å². The molecule has 8 rings (SSSR count). The van der Waals surface area contributed by atoms with Crippen LogP contribution in [0.2, 0.25) is 0 Å². The Morgan fingerprint density at radius 2 is 1.19 bits per heavy atom. The van der Waals surface area contributed by atoms with Crippen molar-refractivity contribution in [2.45, 2.75) is 0 Å². The highest BCUT2D eigenvalue weighted by Crippen LogP contribution is 2.39. The number of anilines is 2. The summed E-state index contributed by atoms with van der Waals surface area (Å²) in [5.41, 5.74) is 6.76. The van der Waals surface area contributed by atoms with E-state index in [-0.39, 0.29) is 0 Å². The molecule has 3 aromatic heterocycles. The Labute approximate surface area is 256 Å². The van der Waals surface area contributed by atoms with E-state index in [0.29, 0.717) is 5.82 Å². The fourth-order valence-corrected chi connectivity index (χ4v) is 6.08. The maximum absolute atomic E-state index is 5.28. The summed E-state index contributed by atoms with van der Waals surface area (Å²) in [5.74, 6) is 2.26. The van der Waals surface area contributed by atoms with Gasteiger partial charge in [0.15, 0.2) is 5.82 Å². The van der Waals surface area contributed by atoms with Crippen LogP contribution in [0, 0.1) is 0 Å². The zero-order valence-corrected chi connectivity index (χ0v) is 24.5. The first kappa shape index (κ1) is 25.4. The van der Waals surface area contributed by atoms with Crippen LogP contribution in [0.15, 0.2) is 144 Å². The molecule has 0 aliphatic carbocycles. The number of para-hydroxylation sites is 2. The zero-order valence-electron chi connectivity index (χ0n) is 22.9. The van der Waals surface area contributed by atoms with Gasteiger partial charge in [-0.3, -0.25) is 4.57 Å². The van der Waals surface area contributed by atoms with Crippen LogP contribution >= 0.6 is 15.9 Å². The number of hydrogen-bond donors (Lipinski definition) is 1. The number of rotatable bonds is 5. The average molecular weight is 619 g/mol. The second kappa shape index (κ2) is 10.5. The molecular formula is C37H24BrN5. The molecule has 0 atom stereocenters. The molecule has 5 aromatic carbocycles. The lowest BCUT2D eigenvalue weighted by Crippen LogP contribution is -2.03. The molecule has 0 unspecified atom stereocenters. The summed E-state index contributed by atoms with van der Waals surface area (Å²) in [4.78, 5) is 15.5. The molecule has 0 fully saturated rings. The number of benzene rings is 5. The van der Waals surface area contributed by atoms with Crippen LogP contribution < -0.4 is 5.32 Å². The van der Waals surface area contributed by atoms with Gasteiger partial charge in [0, 0.05) is 37.8 Å². The molecule has 0 radical (unpaired) electrons. The van der Waals surface area contributed by atoms with Crippen LogP contribution in [-0.4, -0.2) is 19.5 Å². The van der Waals surface area contributed by atoms with Crippen molar-refractivity contribution in [1.82, 2.24) is 19.5 Å². The lowest BCUT2D eigenvalue weighted by Gasteiger charge is -2.14. The van der Waals surface area contributed by atoms with Crippen LogP contribution in [0.1, 0.15) is 0 Å². The Morgan fingerprint density at radius 3 is 1.95 bits per heavy atom. The summed E-state index contributed by atoms with van der Waals surface area (Å²) in [6.07, 6.45) is 0. The van der Waals surface area contributed by atoms with Crippen LogP contribution in [0.25, 0.3) is 61.2 Å². The molecule has 3 heterocycles. The van der Waals surface area contributed by atoms with E-state index in [1.807, 2.05) is 60.7 Å². The van der Waals surface area contributed by atoms with E-state index in [1.54, 1.807) is 0 Å². The van der Waals surface area contributed by atoms with Gasteiger partial charge in [-0.1, -0.05) is 115 Å². The maximum Gasteiger partial charge on any atom is 0.162 e. The minimum Gasteiger partial charge on any atom is -0.339 e. The summed E-state index contributed by atoms with van der Waals surface area (Å²) < 4.78 is 3.22. The van der Waals surface area contributed by atoms with Crippen molar-refractivity contribution < 1.29 is 0 Å². The van der Waals surface area contributed by atoms with Crippen molar-refractivity contribution in [3.63, 3.8) is 0 Å². The monoisotopic (exact) mass is 617 g/mol. The van der Waals surface area contributed by atoms with Gasteiger partial charge in [-0.25, -0.2) is 15.0 Å². The third-order valence-corrected chi connectivity index (χ3v) is 8.37. The summed E-state index contributed by atoms with van der Waals surface area (Å²) in [6, 6.07) is 47.4. The largest absolute Gasteiger partial charge is 0.339 e. The van der Waals surface area contributed by atoms with Gasteiger partial charge in [-0.15, -0.1) is 0 Å². The van der Waals surface area contributed by atoms with Crippen molar-refractivity contribution in [1.29, 1.82) is 0 Å². The fourth-order valence-electron chi connectivity index (χ4n) is 5.70. The fraction of sp³-hybridized carbons (Fsp3) is 0. The van der Waals surface area contributed by atoms with Crippen LogP contribution in [0.5, 0.6) is 0 Å². The molecule has 0 saturated heterocycles. The average Bonchev–Trinajstić information content (AvgIpc) is 3.41. The van der Waals surface area contributed by atoms with Gasteiger partial charge in [-0.05, 0) is 34.1 Å². The van der Waals surface area contributed by atoms with E-state index < -0.39 is 0 Å². The van der Waals surface area contributed by atoms with Crippen LogP contribution in [-0.2, 0) is 0 Å². The molecule has 0 spiro atoms. The first-order chi connectivity index (χ1) is 21.2. The molecular weight excluding hydrogens is 594 g/mol. The minimum atomic E-state index is 0.673. The first-order valence-corrected chi connectivity index (χ1v) is 14.9. The molecule has 43 heavy (non-hydrogen) atoms. The lowest BCUT2D eigenvalue weighted by atomic mass is 10.1. The van der Waals surface area contributed by atoms with Crippen molar-refractivity contribution in [2.24, 2.45) is 0 Å². The molecule has 0 aliphatic rings. The molecule has 0 bridgehead atoms. The Morgan fingerprint density at radius 1 is 0.558 bits per heavy atom. The highest BCUT2D eigenvalue weighted by atomic mass is 79.9. The summed E-state index contributed by atoms with van der Waals surface area (Å²) >= 11 is 3.69. The molecule has 0 aliphatic heterocycles. The molecule has 8 aromatic rings. The first-order valence-electron chi connectivity index (χ1n) is 14.1. The number of aromatic nitrogens is 4. The Bertz CT molecular complexity index is 2220. The minimum absolute atomic E-state index is 0.673. The Balaban J connectivity index is 1.46. The van der Waals surface area contributed by atoms with Gasteiger partial charge < -0.3 is 5.32 Å². The SMILES string of the molecule is Brc1ccccc1Nc1nc2c3ccccc3n(-c3cc(-c4ccccc4)nc(-c4ccccc4)n3)c2c2ccccc12. The normalized spacial score (nSPS) is 11.4. The van der Waals surface area contributed by atoms with E-state index in [1.165, 1.54) is 0 Å². The molecule has 0 saturated carbocycles. The Hall–Kier alpha value is -5.33. The van der Waals surface area contributed by atoms with E-state index in [9.17, 15) is 0 Å². The topological polar surface area (TPSA) is 55.6 Å². The highest BCUT2D eigenvalue weighted by molar-refractivity contribution is 9.10. The second-order valence-electron chi connectivity index (χ2n) is 10.3. The Kier molecular flexibility index (Phi) is 6.20. The van der Waals surface area contributed by atoms with Gasteiger partial charge in [0.2, 0.25) is 0 Å². The van der Waals surface area contributed by atoms with E-state index in [4.69, 9.17) is 15.0 Å². The standard InChI is InChI=1S/C37H24BrN5/c38-29-20-10-11-21-30(29)39-37-27-18-8-7-17-26(27)35-34(42-37)28-19-9-12-22-32(28)43(35)33-23-31(24-13-3-1-4-14-24)40-36(41-33)25-15-5-2-6-16-25/h1-23H,(H,39,42). The van der Waals surface area contributed by atoms with Crippen molar-refractivity contribution >= 4 is 60.1 Å². The quantitative estimate of drug-likeness (QED) is 0.209. The summed E-state index contributed by atoms with van der Waals surface area (Å²) in [6.45, 7) is 0. The molecule has 6 heteroatoms. The predicted molar refractivity (Wildman–Crippen MR) is 180 cm³/mol. The zero-order chi connectivity index (χ0) is 28.8. The van der Waals surface area contributed by atoms with Crippen molar-refractivity contribution in [3.05, 3.63) is 144 Å². The number of pyridine rings is 1. The van der Waals surface area contributed by atoms with Gasteiger partial charge in [0.25, 0.3) is 0 Å². The molecule has 5 nitrogen and oxygen atoms in total. The lowest BCUT2D eigenvalue weighted by molar-refractivity contribution is 1.05. The third-order valence-electron chi connectivity index (χ3n) is 7.68. The number of nitrogens with zero attached hydrogens (tertiary/aromatic N) is 4. The maximum atomic E-state index is 5.28. The molecule has 0 amide bonds. The van der Waals surface area contributed by atoms with Gasteiger partial charge in [0.1, 0.15) is 11.6 Å². The van der Waals surface area contributed by atoms with Crippen LogP contribution in [0.4, 0.5) is 11.5 Å². The summed E-state index contributed by atoms with van der Waals surface area (Å²) in [7, 11) is 0. The summed E-state index contributed by atoms with van der Waals surface area (Å²) in [5, 5.41) is 6.75. The van der Waals surface area contributed by atoms with E-state index in [2.05, 4.69) is 105 Å². The van der Waals surface area contributed by atoms with Gasteiger partial charge in [-0.2, -0.15) is 0 Å². The number of fused-ring (bicyclic) bond motifs is 5. The number of nitrogens with one attached hydrogen (secondary N) is 1. The number of hydrogen-bond acceptors (Lipinski definition) is 4. The van der Waals surface area contributed by atoms with E-state index in [0.717, 1.165) is 71.3 Å². The molecule has 1 N–H and O–H groups in total. The highest BCUT2D eigenvalue weighted by Gasteiger charge is 2.21. The van der Waals surface area contributed by atoms with Crippen molar-refractivity contribution in [2.75, 3.05) is 5.32 Å².